The van der Waals surface area contributed by atoms with Crippen molar-refractivity contribution in [1.82, 2.24) is 29.4 Å². The van der Waals surface area contributed by atoms with Gasteiger partial charge in [0.25, 0.3) is 0 Å². The molecular formula is C26H31ClN8O3S. The van der Waals surface area contributed by atoms with Gasteiger partial charge in [-0.3, -0.25) is 0 Å². The number of aromatic nitrogens is 4. The van der Waals surface area contributed by atoms with E-state index >= 15 is 0 Å². The lowest BCUT2D eigenvalue weighted by molar-refractivity contribution is 0.0699. The Kier molecular flexibility index (Phi) is 8.44. The third-order valence-electron chi connectivity index (χ3n) is 7.02. The Bertz CT molecular complexity index is 1460. The van der Waals surface area contributed by atoms with Crippen LogP contribution in [0.4, 0.5) is 11.6 Å². The molecule has 0 bridgehead atoms. The molecular weight excluding hydrogens is 540 g/mol. The molecule has 13 heteroatoms. The molecule has 2 N–H and O–H groups in total. The SMILES string of the molecule is [C-]#[N+]c1cnc(NC2CCN(S(C)(=O)=O)CC2)nc1-c1cnn(-c2ccc(CN[C@@H]3CCCOC3)cc2Cl)c1. The molecule has 5 rings (SSSR count). The highest BCUT2D eigenvalue weighted by Gasteiger charge is 2.25. The van der Waals surface area contributed by atoms with Crippen LogP contribution in [0, 0.1) is 6.57 Å². The Labute approximate surface area is 233 Å². The first-order valence-electron chi connectivity index (χ1n) is 12.9. The number of sulfonamides is 1. The Morgan fingerprint density at radius 1 is 1.21 bits per heavy atom. The van der Waals surface area contributed by atoms with Crippen LogP contribution < -0.4 is 10.6 Å². The van der Waals surface area contributed by atoms with E-state index in [0.29, 0.717) is 66.4 Å². The summed E-state index contributed by atoms with van der Waals surface area (Å²) >= 11 is 6.63. The highest BCUT2D eigenvalue weighted by Crippen LogP contribution is 2.31. The minimum atomic E-state index is -3.19. The van der Waals surface area contributed by atoms with Gasteiger partial charge >= 0.3 is 0 Å². The van der Waals surface area contributed by atoms with Gasteiger partial charge in [-0.05, 0) is 43.4 Å². The monoisotopic (exact) mass is 570 g/mol. The van der Waals surface area contributed by atoms with Crippen molar-refractivity contribution in [3.63, 3.8) is 0 Å². The first-order chi connectivity index (χ1) is 18.8. The lowest BCUT2D eigenvalue weighted by Gasteiger charge is -2.30. The number of anilines is 1. The Balaban J connectivity index is 1.28. The fourth-order valence-electron chi connectivity index (χ4n) is 4.84. The molecule has 2 aliphatic heterocycles. The Morgan fingerprint density at radius 3 is 2.72 bits per heavy atom. The fraction of sp³-hybridized carbons (Fsp3) is 0.462. The van der Waals surface area contributed by atoms with Gasteiger partial charge in [0.2, 0.25) is 21.7 Å². The number of rotatable bonds is 8. The van der Waals surface area contributed by atoms with Crippen LogP contribution >= 0.6 is 11.6 Å². The van der Waals surface area contributed by atoms with Gasteiger partial charge in [0.05, 0.1) is 42.0 Å². The summed E-state index contributed by atoms with van der Waals surface area (Å²) in [5, 5.41) is 11.9. The third kappa shape index (κ3) is 6.74. The van der Waals surface area contributed by atoms with Gasteiger partial charge < -0.3 is 15.4 Å². The van der Waals surface area contributed by atoms with Gasteiger partial charge in [-0.1, -0.05) is 17.7 Å². The molecule has 2 aliphatic rings. The summed E-state index contributed by atoms with van der Waals surface area (Å²) in [6.45, 7) is 10.7. The van der Waals surface area contributed by atoms with Crippen molar-refractivity contribution in [3.05, 3.63) is 58.8 Å². The molecule has 0 spiro atoms. The zero-order chi connectivity index (χ0) is 27.4. The average Bonchev–Trinajstić information content (AvgIpc) is 3.42. The largest absolute Gasteiger partial charge is 0.380 e. The van der Waals surface area contributed by atoms with Gasteiger partial charge in [0.1, 0.15) is 0 Å². The highest BCUT2D eigenvalue weighted by atomic mass is 35.5. The van der Waals surface area contributed by atoms with E-state index in [-0.39, 0.29) is 6.04 Å². The van der Waals surface area contributed by atoms with Crippen molar-refractivity contribution in [2.45, 2.75) is 44.3 Å². The molecule has 0 radical (unpaired) electrons. The number of benzene rings is 1. The van der Waals surface area contributed by atoms with E-state index in [1.54, 1.807) is 17.1 Å². The van der Waals surface area contributed by atoms with Crippen LogP contribution in [0.3, 0.4) is 0 Å². The van der Waals surface area contributed by atoms with Crippen molar-refractivity contribution in [3.8, 4) is 16.9 Å². The van der Waals surface area contributed by atoms with Crippen LogP contribution in [0.2, 0.25) is 5.02 Å². The first-order valence-corrected chi connectivity index (χ1v) is 15.1. The summed E-state index contributed by atoms with van der Waals surface area (Å²) in [6.07, 6.45) is 9.64. The summed E-state index contributed by atoms with van der Waals surface area (Å²) < 4.78 is 32.3. The van der Waals surface area contributed by atoms with E-state index in [1.165, 1.54) is 16.8 Å². The van der Waals surface area contributed by atoms with Crippen LogP contribution in [-0.4, -0.2) is 77.1 Å². The second-order valence-electron chi connectivity index (χ2n) is 9.87. The van der Waals surface area contributed by atoms with Crippen molar-refractivity contribution < 1.29 is 13.2 Å². The standard InChI is InChI=1S/C26H31ClN8O3S/c1-28-23-15-30-26(32-20-7-9-34(10-8-20)39(2,36)37)33-25(23)19-14-31-35(16-19)24-6-5-18(12-22(24)27)13-29-21-4-3-11-38-17-21/h5-6,12,14-16,20-21,29H,3-4,7-11,13,17H2,2H3,(H,30,32,33)/t21-/m1/s1. The molecule has 1 atom stereocenters. The van der Waals surface area contributed by atoms with Gasteiger partial charge in [0.15, 0.2) is 0 Å². The van der Waals surface area contributed by atoms with Crippen LogP contribution in [0.5, 0.6) is 0 Å². The number of hydrogen-bond donors (Lipinski definition) is 2. The van der Waals surface area contributed by atoms with E-state index < -0.39 is 10.0 Å². The van der Waals surface area contributed by atoms with Crippen LogP contribution in [0.1, 0.15) is 31.2 Å². The maximum absolute atomic E-state index is 11.8. The number of hydrogen-bond acceptors (Lipinski definition) is 8. The van der Waals surface area contributed by atoms with Crippen molar-refractivity contribution in [2.75, 3.05) is 37.9 Å². The molecule has 0 amide bonds. The van der Waals surface area contributed by atoms with Crippen LogP contribution in [0.15, 0.2) is 36.8 Å². The maximum atomic E-state index is 11.8. The van der Waals surface area contributed by atoms with Gasteiger partial charge in [0, 0.05) is 56.3 Å². The predicted octanol–water partition coefficient (Wildman–Crippen LogP) is 3.64. The quantitative estimate of drug-likeness (QED) is 0.394. The molecule has 4 heterocycles. The Morgan fingerprint density at radius 2 is 2.03 bits per heavy atom. The molecule has 0 saturated carbocycles. The summed E-state index contributed by atoms with van der Waals surface area (Å²) in [7, 11) is -3.19. The van der Waals surface area contributed by atoms with Crippen molar-refractivity contribution >= 4 is 33.3 Å². The number of piperidine rings is 1. The van der Waals surface area contributed by atoms with E-state index in [1.807, 2.05) is 18.2 Å². The highest BCUT2D eigenvalue weighted by molar-refractivity contribution is 7.88. The molecule has 39 heavy (non-hydrogen) atoms. The van der Waals surface area contributed by atoms with Crippen molar-refractivity contribution in [1.29, 1.82) is 0 Å². The summed E-state index contributed by atoms with van der Waals surface area (Å²) in [4.78, 5) is 12.5. The van der Waals surface area contributed by atoms with Crippen LogP contribution in [-0.2, 0) is 21.3 Å². The second-order valence-corrected chi connectivity index (χ2v) is 12.3. The average molecular weight is 571 g/mol. The topological polar surface area (TPSA) is 119 Å². The molecule has 0 aliphatic carbocycles. The number of nitrogens with one attached hydrogen (secondary N) is 2. The first kappa shape index (κ1) is 27.5. The number of ether oxygens (including phenoxy) is 1. The normalized spacial score (nSPS) is 19.1. The minimum absolute atomic E-state index is 0.0369. The molecule has 0 unspecified atom stereocenters. The summed E-state index contributed by atoms with van der Waals surface area (Å²) in [5.41, 5.74) is 3.24. The Hall–Kier alpha value is -3.08. The zero-order valence-corrected chi connectivity index (χ0v) is 23.2. The minimum Gasteiger partial charge on any atom is -0.380 e. The zero-order valence-electron chi connectivity index (χ0n) is 21.7. The molecule has 11 nitrogen and oxygen atoms in total. The van der Waals surface area contributed by atoms with E-state index in [9.17, 15) is 8.42 Å². The maximum Gasteiger partial charge on any atom is 0.231 e. The van der Waals surface area contributed by atoms with Crippen molar-refractivity contribution in [2.24, 2.45) is 0 Å². The van der Waals surface area contributed by atoms with Gasteiger partial charge in [-0.25, -0.2) is 32.2 Å². The molecule has 1 aromatic carbocycles. The number of nitrogens with zero attached hydrogens (tertiary/aromatic N) is 6. The van der Waals surface area contributed by atoms with Gasteiger partial charge in [-0.2, -0.15) is 5.10 Å². The van der Waals surface area contributed by atoms with E-state index in [4.69, 9.17) is 22.9 Å². The van der Waals surface area contributed by atoms with Gasteiger partial charge in [-0.15, -0.1) is 0 Å². The molecule has 206 valence electrons. The van der Waals surface area contributed by atoms with E-state index in [2.05, 4.69) is 30.5 Å². The predicted molar refractivity (Wildman–Crippen MR) is 150 cm³/mol. The molecule has 3 aromatic rings. The number of halogens is 1. The summed E-state index contributed by atoms with van der Waals surface area (Å²) in [6, 6.07) is 6.27. The smallest absolute Gasteiger partial charge is 0.231 e. The third-order valence-corrected chi connectivity index (χ3v) is 8.62. The molecule has 2 saturated heterocycles. The van der Waals surface area contributed by atoms with E-state index in [0.717, 1.165) is 37.3 Å². The second kappa shape index (κ2) is 12.0. The fourth-order valence-corrected chi connectivity index (χ4v) is 6.00. The summed E-state index contributed by atoms with van der Waals surface area (Å²) in [5.74, 6) is 0.390. The lowest BCUT2D eigenvalue weighted by Crippen LogP contribution is -2.42. The molecule has 2 fully saturated rings. The lowest BCUT2D eigenvalue weighted by atomic mass is 10.1. The molecule has 2 aromatic heterocycles. The van der Waals surface area contributed by atoms with Crippen LogP contribution in [0.25, 0.3) is 21.8 Å².